The molecule has 2 aliphatic heterocycles. The Morgan fingerprint density at radius 2 is 1.41 bits per heavy atom. The molecule has 2 aliphatic rings. The van der Waals surface area contributed by atoms with Crippen LogP contribution in [-0.2, 0) is 27.2 Å². The topological polar surface area (TPSA) is 71.1 Å². The van der Waals surface area contributed by atoms with Crippen LogP contribution in [0.3, 0.4) is 0 Å². The van der Waals surface area contributed by atoms with Gasteiger partial charge in [-0.05, 0) is 0 Å². The first-order chi connectivity index (χ1) is 7.67. The molecule has 0 N–H and O–H groups in total. The fourth-order valence-corrected chi connectivity index (χ4v) is 4.19. The van der Waals surface area contributed by atoms with Gasteiger partial charge in [0.2, 0.25) is 0 Å². The van der Waals surface area contributed by atoms with Gasteiger partial charge in [-0.1, -0.05) is 23.2 Å². The first-order valence-corrected chi connectivity index (χ1v) is 7.94. The summed E-state index contributed by atoms with van der Waals surface area (Å²) in [5, 5.41) is 0. The zero-order chi connectivity index (χ0) is 12.9. The molecule has 6 nitrogen and oxygen atoms in total. The normalized spacial score (nSPS) is 56.0. The summed E-state index contributed by atoms with van der Waals surface area (Å²) in [6, 6.07) is 0. The van der Waals surface area contributed by atoms with Crippen LogP contribution in [0.25, 0.3) is 0 Å². The molecule has 2 unspecified atom stereocenters. The highest BCUT2D eigenvalue weighted by molar-refractivity contribution is 7.48. The number of rotatable bonds is 0. The van der Waals surface area contributed by atoms with Crippen molar-refractivity contribution in [3.05, 3.63) is 0 Å². The van der Waals surface area contributed by atoms with Gasteiger partial charge in [0, 0.05) is 0 Å². The molecular weight excluding hydrogens is 327 g/mol. The zero-order valence-electron chi connectivity index (χ0n) is 7.92. The summed E-state index contributed by atoms with van der Waals surface area (Å²) in [6.45, 7) is -1.16. The van der Waals surface area contributed by atoms with Gasteiger partial charge in [0.1, 0.15) is 0 Å². The van der Waals surface area contributed by atoms with Crippen molar-refractivity contribution in [2.24, 2.45) is 5.41 Å². The minimum Gasteiger partial charge on any atom is -0.283 e. The Labute approximate surface area is 105 Å². The summed E-state index contributed by atoms with van der Waals surface area (Å²) >= 11 is 11.3. The molecular formula is C5H6Cl2F2O6P2. The predicted molar refractivity (Wildman–Crippen MR) is 53.2 cm³/mol. The maximum Gasteiger partial charge on any atom is 0.516 e. The lowest BCUT2D eigenvalue weighted by molar-refractivity contribution is -0.110. The maximum atomic E-state index is 13.0. The van der Waals surface area contributed by atoms with Crippen LogP contribution < -0.4 is 0 Å². The van der Waals surface area contributed by atoms with Gasteiger partial charge in [0.15, 0.2) is 11.1 Å². The van der Waals surface area contributed by atoms with Crippen LogP contribution in [0.1, 0.15) is 0 Å². The first-order valence-electron chi connectivity index (χ1n) is 4.20. The lowest BCUT2D eigenvalue weighted by Gasteiger charge is -2.45. The average molecular weight is 333 g/mol. The van der Waals surface area contributed by atoms with E-state index < -0.39 is 45.6 Å². The second kappa shape index (κ2) is 4.39. The van der Waals surface area contributed by atoms with Gasteiger partial charge in [-0.2, -0.15) is 0 Å². The molecule has 1 spiro atoms. The van der Waals surface area contributed by atoms with E-state index in [9.17, 15) is 17.5 Å². The summed E-state index contributed by atoms with van der Waals surface area (Å²) in [7, 11) is -9.52. The summed E-state index contributed by atoms with van der Waals surface area (Å²) in [5.41, 5.74) is -4.56. The SMILES string of the molecule is O=P1(F)OCC2(CO1)C(Cl)OP(=O)(F)OC2Cl. The molecule has 2 fully saturated rings. The Morgan fingerprint density at radius 1 is 1.00 bits per heavy atom. The molecule has 0 amide bonds. The van der Waals surface area contributed by atoms with Gasteiger partial charge in [0.25, 0.3) is 0 Å². The summed E-state index contributed by atoms with van der Waals surface area (Å²) in [5.74, 6) is 0. The molecule has 17 heavy (non-hydrogen) atoms. The standard InChI is InChI=1S/C5H6Cl2F2O6P2/c6-3-5(1-12-16(8,10)13-2-5)4(7)15-17(9,11)14-3/h3-4H,1-2H2. The molecule has 2 heterocycles. The fourth-order valence-electron chi connectivity index (χ4n) is 1.29. The second-order valence-electron chi connectivity index (χ2n) is 3.48. The smallest absolute Gasteiger partial charge is 0.283 e. The highest BCUT2D eigenvalue weighted by Gasteiger charge is 2.60. The van der Waals surface area contributed by atoms with Crippen molar-refractivity contribution in [2.45, 2.75) is 11.1 Å². The van der Waals surface area contributed by atoms with E-state index >= 15 is 0 Å². The number of alkyl halides is 2. The largest absolute Gasteiger partial charge is 0.516 e. The van der Waals surface area contributed by atoms with E-state index in [4.69, 9.17) is 23.2 Å². The maximum absolute atomic E-state index is 13.0. The third kappa shape index (κ3) is 2.69. The molecule has 0 aromatic heterocycles. The van der Waals surface area contributed by atoms with Gasteiger partial charge < -0.3 is 0 Å². The predicted octanol–water partition coefficient (Wildman–Crippen LogP) is 3.35. The molecule has 2 rings (SSSR count). The highest BCUT2D eigenvalue weighted by Crippen LogP contribution is 2.65. The zero-order valence-corrected chi connectivity index (χ0v) is 11.2. The number of hydrogen-bond acceptors (Lipinski definition) is 6. The molecule has 100 valence electrons. The van der Waals surface area contributed by atoms with Gasteiger partial charge in [0.05, 0.1) is 18.6 Å². The van der Waals surface area contributed by atoms with Crippen LogP contribution in [0.4, 0.5) is 8.39 Å². The molecule has 0 aromatic carbocycles. The molecule has 2 atom stereocenters. The van der Waals surface area contributed by atoms with Gasteiger partial charge >= 0.3 is 15.8 Å². The van der Waals surface area contributed by atoms with Crippen LogP contribution in [-0.4, -0.2) is 24.3 Å². The monoisotopic (exact) mass is 332 g/mol. The third-order valence-electron chi connectivity index (χ3n) is 2.32. The van der Waals surface area contributed by atoms with E-state index in [0.29, 0.717) is 0 Å². The van der Waals surface area contributed by atoms with Crippen molar-refractivity contribution >= 4 is 39.0 Å². The molecule has 0 bridgehead atoms. The van der Waals surface area contributed by atoms with Crippen LogP contribution >= 0.6 is 39.0 Å². The van der Waals surface area contributed by atoms with E-state index in [1.807, 2.05) is 0 Å². The minimum absolute atomic E-state index is 0.580. The lowest BCUT2D eigenvalue weighted by Crippen LogP contribution is -2.53. The van der Waals surface area contributed by atoms with E-state index in [1.54, 1.807) is 0 Å². The van der Waals surface area contributed by atoms with Crippen molar-refractivity contribution in [1.29, 1.82) is 0 Å². The minimum atomic E-state index is -4.86. The van der Waals surface area contributed by atoms with Crippen molar-refractivity contribution in [1.82, 2.24) is 0 Å². The molecule has 0 aliphatic carbocycles. The number of halogens is 4. The van der Waals surface area contributed by atoms with Gasteiger partial charge in [-0.25, -0.2) is 9.13 Å². The Kier molecular flexibility index (Phi) is 3.65. The van der Waals surface area contributed by atoms with Crippen LogP contribution in [0.2, 0.25) is 0 Å². The molecule has 2 saturated heterocycles. The van der Waals surface area contributed by atoms with Gasteiger partial charge in [-0.3, -0.25) is 18.1 Å². The summed E-state index contributed by atoms with van der Waals surface area (Å²) in [6.07, 6.45) is 0. The Bertz CT molecular complexity index is 391. The lowest BCUT2D eigenvalue weighted by atomic mass is 9.92. The van der Waals surface area contributed by atoms with E-state index in [1.165, 1.54) is 0 Å². The number of hydrogen-bond donors (Lipinski definition) is 0. The second-order valence-corrected chi connectivity index (χ2v) is 6.94. The Hall–Kier alpha value is 0.740. The fraction of sp³-hybridized carbons (Fsp3) is 1.00. The Balaban J connectivity index is 2.21. The van der Waals surface area contributed by atoms with E-state index in [-0.39, 0.29) is 0 Å². The molecule has 0 saturated carbocycles. The Morgan fingerprint density at radius 3 is 1.82 bits per heavy atom. The van der Waals surface area contributed by atoms with Crippen molar-refractivity contribution in [2.75, 3.05) is 13.2 Å². The van der Waals surface area contributed by atoms with Crippen molar-refractivity contribution in [3.63, 3.8) is 0 Å². The van der Waals surface area contributed by atoms with E-state index in [0.717, 1.165) is 0 Å². The molecule has 0 radical (unpaired) electrons. The summed E-state index contributed by atoms with van der Waals surface area (Å²) < 4.78 is 64.7. The molecule has 0 aromatic rings. The van der Waals surface area contributed by atoms with Crippen LogP contribution in [0.15, 0.2) is 0 Å². The molecule has 12 heteroatoms. The van der Waals surface area contributed by atoms with E-state index in [2.05, 4.69) is 18.1 Å². The third-order valence-corrected chi connectivity index (χ3v) is 5.41. The van der Waals surface area contributed by atoms with Gasteiger partial charge in [-0.15, -0.1) is 8.39 Å². The first kappa shape index (κ1) is 14.2. The van der Waals surface area contributed by atoms with Crippen LogP contribution in [0.5, 0.6) is 0 Å². The summed E-state index contributed by atoms with van der Waals surface area (Å²) in [4.78, 5) is 0. The average Bonchev–Trinajstić information content (AvgIpc) is 2.14. The van der Waals surface area contributed by atoms with Crippen molar-refractivity contribution < 1.29 is 35.6 Å². The van der Waals surface area contributed by atoms with Crippen LogP contribution in [0, 0.1) is 5.41 Å². The highest BCUT2D eigenvalue weighted by atomic mass is 35.5. The van der Waals surface area contributed by atoms with Crippen molar-refractivity contribution in [3.8, 4) is 0 Å². The quantitative estimate of drug-likeness (QED) is 0.500.